The Morgan fingerprint density at radius 1 is 0.590 bits per heavy atom. The molecule has 5 aromatic rings. The Kier molecular flexibility index (Phi) is 5.71. The van der Waals surface area contributed by atoms with Gasteiger partial charge in [-0.05, 0) is 35.9 Å². The highest BCUT2D eigenvalue weighted by Gasteiger charge is 2.34. The van der Waals surface area contributed by atoms with Gasteiger partial charge in [0.15, 0.2) is 0 Å². The maximum absolute atomic E-state index is 13.6. The van der Waals surface area contributed by atoms with Crippen molar-refractivity contribution >= 4 is 28.3 Å². The molecule has 4 aromatic carbocycles. The Labute approximate surface area is 219 Å². The smallest absolute Gasteiger partial charge is 0.354 e. The number of halogens is 6. The number of hydrogen-bond acceptors (Lipinski definition) is 1. The van der Waals surface area contributed by atoms with E-state index >= 15 is 0 Å². The average Bonchev–Trinajstić information content (AvgIpc) is 3.47. The van der Waals surface area contributed by atoms with Crippen LogP contribution in [0.3, 0.4) is 0 Å². The van der Waals surface area contributed by atoms with Crippen molar-refractivity contribution in [3.8, 4) is 11.3 Å². The predicted molar refractivity (Wildman–Crippen MR) is 140 cm³/mol. The van der Waals surface area contributed by atoms with Gasteiger partial charge in [-0.3, -0.25) is 0 Å². The summed E-state index contributed by atoms with van der Waals surface area (Å²) in [6.45, 7) is 0. The van der Waals surface area contributed by atoms with Crippen LogP contribution in [0.4, 0.5) is 26.3 Å². The molecule has 0 aliphatic carbocycles. The fourth-order valence-electron chi connectivity index (χ4n) is 4.82. The van der Waals surface area contributed by atoms with Crippen molar-refractivity contribution < 1.29 is 26.3 Å². The van der Waals surface area contributed by atoms with Gasteiger partial charge >= 0.3 is 12.4 Å². The van der Waals surface area contributed by atoms with E-state index in [0.717, 1.165) is 24.3 Å². The van der Waals surface area contributed by atoms with E-state index in [-0.39, 0.29) is 0 Å². The number of aromatic amines is 1. The summed E-state index contributed by atoms with van der Waals surface area (Å²) in [5, 5.41) is 0.909. The van der Waals surface area contributed by atoms with E-state index in [2.05, 4.69) is 4.98 Å². The van der Waals surface area contributed by atoms with Gasteiger partial charge in [0, 0.05) is 33.2 Å². The number of benzene rings is 4. The minimum Gasteiger partial charge on any atom is -0.354 e. The van der Waals surface area contributed by atoms with E-state index in [0.29, 0.717) is 55.8 Å². The van der Waals surface area contributed by atoms with E-state index in [4.69, 9.17) is 4.99 Å². The SMILES string of the molecule is FC(F)(F)c1ccc2c(c1)C(c1ccccc1)=N/C2=C\c1[nH]c(-c2ccccc2)c2cc(C(F)(F)F)ccc12. The van der Waals surface area contributed by atoms with Crippen molar-refractivity contribution in [1.29, 1.82) is 0 Å². The highest BCUT2D eigenvalue weighted by Crippen LogP contribution is 2.40. The molecule has 2 heterocycles. The van der Waals surface area contributed by atoms with Crippen LogP contribution in [0, 0.1) is 0 Å². The topological polar surface area (TPSA) is 28.1 Å². The Bertz CT molecular complexity index is 1760. The molecule has 0 fully saturated rings. The van der Waals surface area contributed by atoms with Crippen molar-refractivity contribution in [3.63, 3.8) is 0 Å². The first-order chi connectivity index (χ1) is 18.6. The van der Waals surface area contributed by atoms with Gasteiger partial charge in [-0.1, -0.05) is 72.8 Å². The summed E-state index contributed by atoms with van der Waals surface area (Å²) in [5.41, 5.74) is 2.40. The molecule has 0 atom stereocenters. The molecule has 1 aliphatic rings. The Morgan fingerprint density at radius 2 is 1.18 bits per heavy atom. The summed E-state index contributed by atoms with van der Waals surface area (Å²) >= 11 is 0. The zero-order valence-corrected chi connectivity index (χ0v) is 20.0. The molecule has 0 radical (unpaired) electrons. The third-order valence-electron chi connectivity index (χ3n) is 6.67. The molecule has 1 aromatic heterocycles. The van der Waals surface area contributed by atoms with Crippen LogP contribution in [-0.4, -0.2) is 10.7 Å². The Balaban J connectivity index is 1.57. The summed E-state index contributed by atoms with van der Waals surface area (Å²) in [7, 11) is 0. The number of aromatic nitrogens is 1. The highest BCUT2D eigenvalue weighted by molar-refractivity contribution is 6.22. The van der Waals surface area contributed by atoms with Crippen LogP contribution < -0.4 is 0 Å². The van der Waals surface area contributed by atoms with Gasteiger partial charge in [0.25, 0.3) is 0 Å². The largest absolute Gasteiger partial charge is 0.416 e. The first-order valence-electron chi connectivity index (χ1n) is 12.0. The molecule has 0 unspecified atom stereocenters. The fraction of sp³-hybridized carbons (Fsp3) is 0.0645. The number of H-pyrrole nitrogens is 1. The minimum absolute atomic E-state index is 0.334. The summed E-state index contributed by atoms with van der Waals surface area (Å²) in [4.78, 5) is 7.94. The number of nitrogens with one attached hydrogen (secondary N) is 1. The Hall–Kier alpha value is -4.59. The number of hydrogen-bond donors (Lipinski definition) is 1. The third-order valence-corrected chi connectivity index (χ3v) is 6.67. The second-order valence-corrected chi connectivity index (χ2v) is 9.15. The van der Waals surface area contributed by atoms with Gasteiger partial charge in [-0.15, -0.1) is 0 Å². The first kappa shape index (κ1) is 24.7. The van der Waals surface area contributed by atoms with Gasteiger partial charge in [0.1, 0.15) is 0 Å². The van der Waals surface area contributed by atoms with Gasteiger partial charge in [-0.25, -0.2) is 4.99 Å². The molecular weight excluding hydrogens is 514 g/mol. The highest BCUT2D eigenvalue weighted by atomic mass is 19.4. The monoisotopic (exact) mass is 532 g/mol. The predicted octanol–water partition coefficient (Wildman–Crippen LogP) is 9.22. The second-order valence-electron chi connectivity index (χ2n) is 9.15. The number of fused-ring (bicyclic) bond motifs is 2. The molecule has 0 saturated carbocycles. The molecule has 0 saturated heterocycles. The molecule has 8 heteroatoms. The van der Waals surface area contributed by atoms with Crippen LogP contribution in [0.25, 0.3) is 33.8 Å². The van der Waals surface area contributed by atoms with E-state index < -0.39 is 23.5 Å². The minimum atomic E-state index is -4.53. The summed E-state index contributed by atoms with van der Waals surface area (Å²) in [5.74, 6) is 0. The van der Waals surface area contributed by atoms with Crippen molar-refractivity contribution in [2.45, 2.75) is 12.4 Å². The van der Waals surface area contributed by atoms with Crippen molar-refractivity contribution in [3.05, 3.63) is 131 Å². The number of alkyl halides is 6. The van der Waals surface area contributed by atoms with Crippen LogP contribution in [-0.2, 0) is 12.4 Å². The number of aliphatic imine (C=N–C) groups is 1. The maximum Gasteiger partial charge on any atom is 0.416 e. The van der Waals surface area contributed by atoms with Crippen LogP contribution in [0.2, 0.25) is 0 Å². The molecule has 2 nitrogen and oxygen atoms in total. The van der Waals surface area contributed by atoms with Crippen LogP contribution in [0.15, 0.2) is 102 Å². The lowest BCUT2D eigenvalue weighted by Crippen LogP contribution is -2.08. The van der Waals surface area contributed by atoms with Crippen molar-refractivity contribution in [1.82, 2.24) is 4.98 Å². The maximum atomic E-state index is 13.6. The molecule has 6 rings (SSSR count). The summed E-state index contributed by atoms with van der Waals surface area (Å²) < 4.78 is 81.3. The standard InChI is InChI=1S/C31H18F6N2/c32-30(33,34)20-11-13-22-24(15-20)28(18-7-3-1-4-8-18)38-26(22)17-27-23-14-12-21(31(35,36)37)16-25(23)29(39-27)19-9-5-2-6-10-19/h1-17,38H/b27-17-. The molecule has 0 amide bonds. The van der Waals surface area contributed by atoms with Gasteiger partial charge in [0.05, 0.1) is 28.2 Å². The van der Waals surface area contributed by atoms with Gasteiger partial charge < -0.3 is 4.98 Å². The van der Waals surface area contributed by atoms with Crippen LogP contribution in [0.1, 0.15) is 33.5 Å². The lowest BCUT2D eigenvalue weighted by Gasteiger charge is -2.10. The molecule has 1 aliphatic heterocycles. The zero-order chi connectivity index (χ0) is 27.4. The first-order valence-corrected chi connectivity index (χ1v) is 12.0. The third kappa shape index (κ3) is 4.52. The lowest BCUT2D eigenvalue weighted by molar-refractivity contribution is -0.138. The lowest BCUT2D eigenvalue weighted by atomic mass is 9.96. The second kappa shape index (κ2) is 9.01. The van der Waals surface area contributed by atoms with Crippen LogP contribution >= 0.6 is 0 Å². The normalized spacial score (nSPS) is 14.6. The van der Waals surface area contributed by atoms with Gasteiger partial charge in [0.2, 0.25) is 0 Å². The average molecular weight is 532 g/mol. The summed E-state index contributed by atoms with van der Waals surface area (Å²) in [6, 6.07) is 24.8. The number of nitrogens with zero attached hydrogens (tertiary/aromatic N) is 1. The zero-order valence-electron chi connectivity index (χ0n) is 20.0. The molecule has 1 N–H and O–H groups in total. The van der Waals surface area contributed by atoms with E-state index in [9.17, 15) is 26.3 Å². The van der Waals surface area contributed by atoms with E-state index in [1.54, 1.807) is 60.7 Å². The Morgan fingerprint density at radius 3 is 1.82 bits per heavy atom. The van der Waals surface area contributed by atoms with Crippen LogP contribution in [0.5, 0.6) is 0 Å². The van der Waals surface area contributed by atoms with E-state index in [1.807, 2.05) is 6.07 Å². The van der Waals surface area contributed by atoms with Gasteiger partial charge in [-0.2, -0.15) is 26.3 Å². The molecular formula is C31H18F6N2. The fourth-order valence-corrected chi connectivity index (χ4v) is 4.82. The molecule has 0 spiro atoms. The number of rotatable bonds is 3. The molecule has 0 bridgehead atoms. The van der Waals surface area contributed by atoms with Crippen molar-refractivity contribution in [2.75, 3.05) is 0 Å². The molecule has 194 valence electrons. The molecule has 39 heavy (non-hydrogen) atoms. The quantitative estimate of drug-likeness (QED) is 0.224. The van der Waals surface area contributed by atoms with Crippen molar-refractivity contribution in [2.24, 2.45) is 4.99 Å². The summed E-state index contributed by atoms with van der Waals surface area (Å²) in [6.07, 6.45) is -7.38. The van der Waals surface area contributed by atoms with E-state index in [1.165, 1.54) is 12.1 Å².